The van der Waals surface area contributed by atoms with Crippen molar-refractivity contribution < 1.29 is 9.53 Å². The molecule has 0 fully saturated rings. The number of hydrogen-bond donors (Lipinski definition) is 0. The SMILES string of the molecule is CCc1nc2ccccc2c(=O)n1N1C(=O)/C(=C/c2ccc(OC)cc2)N=C1C. The zero-order chi connectivity index (χ0) is 20.5. The van der Waals surface area contributed by atoms with Crippen molar-refractivity contribution in [2.75, 3.05) is 12.1 Å². The average Bonchev–Trinajstić information content (AvgIpc) is 3.01. The van der Waals surface area contributed by atoms with Gasteiger partial charge in [-0.2, -0.15) is 9.69 Å². The van der Waals surface area contributed by atoms with Gasteiger partial charge in [0.15, 0.2) is 0 Å². The number of amides is 1. The summed E-state index contributed by atoms with van der Waals surface area (Å²) >= 11 is 0. The van der Waals surface area contributed by atoms with E-state index in [9.17, 15) is 9.59 Å². The molecule has 1 aromatic heterocycles. The number of aryl methyl sites for hydroxylation is 1. The molecule has 1 aliphatic heterocycles. The second-order valence-electron chi connectivity index (χ2n) is 6.59. The van der Waals surface area contributed by atoms with Gasteiger partial charge in [0.2, 0.25) is 0 Å². The molecule has 0 saturated carbocycles. The molecule has 0 bridgehead atoms. The van der Waals surface area contributed by atoms with Crippen molar-refractivity contribution in [3.8, 4) is 5.75 Å². The van der Waals surface area contributed by atoms with Crippen molar-refractivity contribution in [1.29, 1.82) is 0 Å². The largest absolute Gasteiger partial charge is 0.497 e. The molecular weight excluding hydrogens is 368 g/mol. The van der Waals surface area contributed by atoms with Crippen molar-refractivity contribution in [3.05, 3.63) is 76.0 Å². The number of hydrogen-bond acceptors (Lipinski definition) is 5. The lowest BCUT2D eigenvalue weighted by Gasteiger charge is -2.21. The van der Waals surface area contributed by atoms with Crippen LogP contribution in [0.15, 0.2) is 64.0 Å². The van der Waals surface area contributed by atoms with Crippen LogP contribution in [0.3, 0.4) is 0 Å². The van der Waals surface area contributed by atoms with Gasteiger partial charge in [0.05, 0.1) is 18.0 Å². The molecule has 29 heavy (non-hydrogen) atoms. The van der Waals surface area contributed by atoms with Gasteiger partial charge in [-0.15, -0.1) is 0 Å². The molecule has 2 heterocycles. The topological polar surface area (TPSA) is 76.8 Å². The number of ether oxygens (including phenoxy) is 1. The third-order valence-corrected chi connectivity index (χ3v) is 4.76. The lowest BCUT2D eigenvalue weighted by atomic mass is 10.2. The maximum atomic E-state index is 13.2. The summed E-state index contributed by atoms with van der Waals surface area (Å²) < 4.78 is 6.49. The van der Waals surface area contributed by atoms with Gasteiger partial charge in [-0.25, -0.2) is 9.98 Å². The number of rotatable bonds is 4. The molecule has 7 nitrogen and oxygen atoms in total. The van der Waals surface area contributed by atoms with Crippen LogP contribution in [0.25, 0.3) is 17.0 Å². The van der Waals surface area contributed by atoms with Crippen molar-refractivity contribution >= 4 is 28.7 Å². The Labute approximate surface area is 167 Å². The smallest absolute Gasteiger partial charge is 0.297 e. The minimum Gasteiger partial charge on any atom is -0.497 e. The molecule has 0 N–H and O–H groups in total. The van der Waals surface area contributed by atoms with Gasteiger partial charge in [0, 0.05) is 6.42 Å². The Morgan fingerprint density at radius 3 is 2.48 bits per heavy atom. The first-order valence-electron chi connectivity index (χ1n) is 9.30. The lowest BCUT2D eigenvalue weighted by Crippen LogP contribution is -2.48. The summed E-state index contributed by atoms with van der Waals surface area (Å²) in [5.74, 6) is 1.28. The molecule has 7 heteroatoms. The molecule has 0 radical (unpaired) electrons. The van der Waals surface area contributed by atoms with Crippen LogP contribution in [-0.2, 0) is 11.2 Å². The average molecular weight is 388 g/mol. The molecule has 3 aromatic rings. The molecule has 0 saturated heterocycles. The molecule has 0 unspecified atom stereocenters. The van der Waals surface area contributed by atoms with Gasteiger partial charge in [0.25, 0.3) is 11.5 Å². The summed E-state index contributed by atoms with van der Waals surface area (Å²) in [4.78, 5) is 35.3. The molecule has 4 rings (SSSR count). The van der Waals surface area contributed by atoms with E-state index in [4.69, 9.17) is 4.74 Å². The van der Waals surface area contributed by atoms with Crippen LogP contribution in [0.1, 0.15) is 25.2 Å². The number of carbonyl (C=O) groups is 1. The zero-order valence-corrected chi connectivity index (χ0v) is 16.4. The van der Waals surface area contributed by atoms with Gasteiger partial charge in [-0.1, -0.05) is 31.2 Å². The van der Waals surface area contributed by atoms with Crippen molar-refractivity contribution in [2.24, 2.45) is 4.99 Å². The highest BCUT2D eigenvalue weighted by molar-refractivity contribution is 6.23. The van der Waals surface area contributed by atoms with Crippen LogP contribution in [0.5, 0.6) is 5.75 Å². The Bertz CT molecular complexity index is 1220. The first-order chi connectivity index (χ1) is 14.0. The fourth-order valence-corrected chi connectivity index (χ4v) is 3.32. The first-order valence-corrected chi connectivity index (χ1v) is 9.30. The molecule has 2 aromatic carbocycles. The van der Waals surface area contributed by atoms with Crippen LogP contribution in [0, 0.1) is 0 Å². The van der Waals surface area contributed by atoms with Crippen LogP contribution in [-0.4, -0.2) is 28.5 Å². The number of carbonyl (C=O) groups excluding carboxylic acids is 1. The zero-order valence-electron chi connectivity index (χ0n) is 16.4. The summed E-state index contributed by atoms with van der Waals surface area (Å²) in [5, 5.41) is 1.76. The quantitative estimate of drug-likeness (QED) is 0.644. The highest BCUT2D eigenvalue weighted by atomic mass is 16.5. The van der Waals surface area contributed by atoms with Crippen molar-refractivity contribution in [1.82, 2.24) is 9.66 Å². The normalized spacial score (nSPS) is 15.3. The fraction of sp³-hybridized carbons (Fsp3) is 0.182. The summed E-state index contributed by atoms with van der Waals surface area (Å²) in [6.45, 7) is 3.60. The highest BCUT2D eigenvalue weighted by Crippen LogP contribution is 2.20. The number of amidine groups is 1. The minimum atomic E-state index is -0.368. The number of fused-ring (bicyclic) bond motifs is 1. The molecule has 0 aliphatic carbocycles. The predicted molar refractivity (Wildman–Crippen MR) is 113 cm³/mol. The van der Waals surface area contributed by atoms with E-state index < -0.39 is 0 Å². The van der Waals surface area contributed by atoms with Gasteiger partial charge in [-0.3, -0.25) is 9.59 Å². The van der Waals surface area contributed by atoms with E-state index in [1.54, 1.807) is 38.3 Å². The number of methoxy groups -OCH3 is 1. The molecule has 1 aliphatic rings. The van der Waals surface area contributed by atoms with E-state index in [0.717, 1.165) is 11.3 Å². The molecular formula is C22H20N4O3. The Balaban J connectivity index is 1.80. The van der Waals surface area contributed by atoms with E-state index in [0.29, 0.717) is 29.0 Å². The van der Waals surface area contributed by atoms with E-state index in [1.807, 2.05) is 37.3 Å². The van der Waals surface area contributed by atoms with Crippen LogP contribution < -0.4 is 15.3 Å². The Morgan fingerprint density at radius 2 is 1.79 bits per heavy atom. The van der Waals surface area contributed by atoms with E-state index in [1.165, 1.54) is 9.69 Å². The number of benzene rings is 2. The summed E-state index contributed by atoms with van der Waals surface area (Å²) in [6, 6.07) is 14.4. The standard InChI is InChI=1S/C22H20N4O3/c1-4-20-24-18-8-6-5-7-17(18)21(27)26(20)25-14(2)23-19(22(25)28)13-15-9-11-16(29-3)12-10-15/h5-13H,4H2,1-3H3/b19-13-. The highest BCUT2D eigenvalue weighted by Gasteiger charge is 2.32. The van der Waals surface area contributed by atoms with Crippen LogP contribution in [0.4, 0.5) is 0 Å². The van der Waals surface area contributed by atoms with Gasteiger partial charge < -0.3 is 4.74 Å². The summed E-state index contributed by atoms with van der Waals surface area (Å²) in [5.41, 5.74) is 1.39. The molecule has 1 amide bonds. The second kappa shape index (κ2) is 7.35. The fourth-order valence-electron chi connectivity index (χ4n) is 3.32. The molecule has 0 atom stereocenters. The monoisotopic (exact) mass is 388 g/mol. The minimum absolute atomic E-state index is 0.259. The lowest BCUT2D eigenvalue weighted by molar-refractivity contribution is -0.115. The summed E-state index contributed by atoms with van der Waals surface area (Å²) in [7, 11) is 1.60. The number of nitrogens with zero attached hydrogens (tertiary/aromatic N) is 4. The maximum Gasteiger partial charge on any atom is 0.297 e. The third-order valence-electron chi connectivity index (χ3n) is 4.76. The third kappa shape index (κ3) is 3.20. The first kappa shape index (κ1) is 18.6. The Morgan fingerprint density at radius 1 is 1.07 bits per heavy atom. The Hall–Kier alpha value is -3.74. The van der Waals surface area contributed by atoms with Crippen molar-refractivity contribution in [3.63, 3.8) is 0 Å². The van der Waals surface area contributed by atoms with Gasteiger partial charge in [0.1, 0.15) is 23.1 Å². The van der Waals surface area contributed by atoms with E-state index in [2.05, 4.69) is 9.98 Å². The number of aliphatic imine (C=N–C) groups is 1. The van der Waals surface area contributed by atoms with Crippen LogP contribution in [0.2, 0.25) is 0 Å². The van der Waals surface area contributed by atoms with Crippen LogP contribution >= 0.6 is 0 Å². The molecule has 0 spiro atoms. The van der Waals surface area contributed by atoms with Gasteiger partial charge >= 0.3 is 0 Å². The van der Waals surface area contributed by atoms with Gasteiger partial charge in [-0.05, 0) is 42.8 Å². The van der Waals surface area contributed by atoms with E-state index in [-0.39, 0.29) is 17.2 Å². The van der Waals surface area contributed by atoms with E-state index >= 15 is 0 Å². The predicted octanol–water partition coefficient (Wildman–Crippen LogP) is 2.91. The maximum absolute atomic E-state index is 13.2. The van der Waals surface area contributed by atoms with Crippen molar-refractivity contribution in [2.45, 2.75) is 20.3 Å². The Kier molecular flexibility index (Phi) is 4.72. The molecule has 146 valence electrons. The number of para-hydroxylation sites is 1. The second-order valence-corrected chi connectivity index (χ2v) is 6.59. The summed E-state index contributed by atoms with van der Waals surface area (Å²) in [6.07, 6.45) is 2.19. The number of aromatic nitrogens is 2.